The van der Waals surface area contributed by atoms with E-state index >= 15 is 0 Å². The first kappa shape index (κ1) is 19.9. The van der Waals surface area contributed by atoms with Crippen molar-refractivity contribution >= 4 is 15.9 Å². The SMILES string of the molecule is CC(=O)N1CCc2ccc(S(=O)(=O)N(C)CC(C)(C)CN)cc2CC1. The molecule has 1 aromatic rings. The monoisotopic (exact) mass is 367 g/mol. The van der Waals surface area contributed by atoms with Crippen molar-refractivity contribution in [2.24, 2.45) is 11.1 Å². The van der Waals surface area contributed by atoms with Crippen LogP contribution < -0.4 is 5.73 Å². The molecule has 0 saturated carbocycles. The van der Waals surface area contributed by atoms with E-state index in [9.17, 15) is 13.2 Å². The third kappa shape index (κ3) is 4.59. The molecule has 7 heteroatoms. The molecule has 0 atom stereocenters. The Morgan fingerprint density at radius 3 is 2.40 bits per heavy atom. The van der Waals surface area contributed by atoms with Crippen LogP contribution in [0.15, 0.2) is 23.1 Å². The number of rotatable bonds is 5. The Morgan fingerprint density at radius 1 is 1.24 bits per heavy atom. The highest BCUT2D eigenvalue weighted by molar-refractivity contribution is 7.89. The van der Waals surface area contributed by atoms with Gasteiger partial charge in [-0.1, -0.05) is 19.9 Å². The fourth-order valence-electron chi connectivity index (χ4n) is 3.11. The van der Waals surface area contributed by atoms with Crippen molar-refractivity contribution in [2.45, 2.75) is 38.5 Å². The highest BCUT2D eigenvalue weighted by Gasteiger charge is 2.28. The first-order valence-corrected chi connectivity index (χ1v) is 10.0. The minimum Gasteiger partial charge on any atom is -0.342 e. The van der Waals surface area contributed by atoms with Gasteiger partial charge in [0.2, 0.25) is 15.9 Å². The molecule has 25 heavy (non-hydrogen) atoms. The second-order valence-corrected chi connectivity index (χ2v) is 9.61. The minimum atomic E-state index is -3.56. The van der Waals surface area contributed by atoms with Crippen LogP contribution in [0.25, 0.3) is 0 Å². The normalized spacial score (nSPS) is 15.8. The predicted molar refractivity (Wildman–Crippen MR) is 98.8 cm³/mol. The molecule has 2 rings (SSSR count). The zero-order chi connectivity index (χ0) is 18.8. The lowest BCUT2D eigenvalue weighted by atomic mass is 9.94. The standard InChI is InChI=1S/C18H29N3O3S/c1-14(22)21-9-7-15-5-6-17(11-16(15)8-10-21)25(23,24)20(4)13-18(2,3)12-19/h5-6,11H,7-10,12-13,19H2,1-4H3. The van der Waals surface area contributed by atoms with Crippen molar-refractivity contribution < 1.29 is 13.2 Å². The molecule has 0 aromatic heterocycles. The van der Waals surface area contributed by atoms with Crippen molar-refractivity contribution in [2.75, 3.05) is 33.2 Å². The van der Waals surface area contributed by atoms with Gasteiger partial charge >= 0.3 is 0 Å². The van der Waals surface area contributed by atoms with E-state index in [1.165, 1.54) is 4.31 Å². The summed E-state index contributed by atoms with van der Waals surface area (Å²) < 4.78 is 27.2. The summed E-state index contributed by atoms with van der Waals surface area (Å²) >= 11 is 0. The van der Waals surface area contributed by atoms with E-state index in [-0.39, 0.29) is 11.3 Å². The predicted octanol–water partition coefficient (Wildman–Crippen LogP) is 1.24. The highest BCUT2D eigenvalue weighted by Crippen LogP contribution is 2.24. The van der Waals surface area contributed by atoms with Crippen LogP contribution in [-0.2, 0) is 27.7 Å². The first-order valence-electron chi connectivity index (χ1n) is 8.60. The van der Waals surface area contributed by atoms with Crippen LogP contribution >= 0.6 is 0 Å². The van der Waals surface area contributed by atoms with Crippen LogP contribution in [0.2, 0.25) is 0 Å². The van der Waals surface area contributed by atoms with E-state index in [1.807, 2.05) is 24.8 Å². The van der Waals surface area contributed by atoms with Crippen molar-refractivity contribution in [3.63, 3.8) is 0 Å². The van der Waals surface area contributed by atoms with E-state index in [4.69, 9.17) is 5.73 Å². The summed E-state index contributed by atoms with van der Waals surface area (Å²) in [6.45, 7) is 7.55. The molecule has 0 saturated heterocycles. The summed E-state index contributed by atoms with van der Waals surface area (Å²) in [5.74, 6) is 0.0596. The Balaban J connectivity index is 2.26. The van der Waals surface area contributed by atoms with Gasteiger partial charge in [0.15, 0.2) is 0 Å². The lowest BCUT2D eigenvalue weighted by Gasteiger charge is -2.28. The van der Waals surface area contributed by atoms with Gasteiger partial charge in [-0.3, -0.25) is 4.79 Å². The van der Waals surface area contributed by atoms with Gasteiger partial charge in [-0.25, -0.2) is 12.7 Å². The van der Waals surface area contributed by atoms with Gasteiger partial charge in [0.25, 0.3) is 0 Å². The van der Waals surface area contributed by atoms with Crippen LogP contribution in [0.3, 0.4) is 0 Å². The van der Waals surface area contributed by atoms with Gasteiger partial charge in [0.1, 0.15) is 0 Å². The lowest BCUT2D eigenvalue weighted by Crippen LogP contribution is -2.39. The molecule has 1 amide bonds. The number of carbonyl (C=O) groups excluding carboxylic acids is 1. The molecular weight excluding hydrogens is 338 g/mol. The van der Waals surface area contributed by atoms with E-state index in [0.717, 1.165) is 17.5 Å². The quantitative estimate of drug-likeness (QED) is 0.849. The maximum atomic E-state index is 12.9. The summed E-state index contributed by atoms with van der Waals surface area (Å²) in [5, 5.41) is 0. The maximum absolute atomic E-state index is 12.9. The highest BCUT2D eigenvalue weighted by atomic mass is 32.2. The summed E-state index contributed by atoms with van der Waals surface area (Å²) in [5.41, 5.74) is 7.58. The van der Waals surface area contributed by atoms with Gasteiger partial charge in [-0.15, -0.1) is 0 Å². The number of sulfonamides is 1. The molecule has 0 aliphatic carbocycles. The number of amides is 1. The van der Waals surface area contributed by atoms with Crippen LogP contribution in [0, 0.1) is 5.41 Å². The number of fused-ring (bicyclic) bond motifs is 1. The fraction of sp³-hybridized carbons (Fsp3) is 0.611. The zero-order valence-corrected chi connectivity index (χ0v) is 16.4. The molecule has 140 valence electrons. The number of nitrogens with zero attached hydrogens (tertiary/aromatic N) is 2. The molecule has 1 aliphatic rings. The molecular formula is C18H29N3O3S. The molecule has 1 aromatic carbocycles. The van der Waals surface area contributed by atoms with Crippen LogP contribution in [0.5, 0.6) is 0 Å². The topological polar surface area (TPSA) is 83.7 Å². The molecule has 2 N–H and O–H groups in total. The molecule has 1 aliphatic heterocycles. The second kappa shape index (κ2) is 7.43. The average molecular weight is 368 g/mol. The Morgan fingerprint density at radius 2 is 1.84 bits per heavy atom. The molecule has 0 bridgehead atoms. The van der Waals surface area contributed by atoms with Crippen LogP contribution in [0.4, 0.5) is 0 Å². The number of hydrogen-bond donors (Lipinski definition) is 1. The van der Waals surface area contributed by atoms with E-state index in [2.05, 4.69) is 0 Å². The van der Waals surface area contributed by atoms with Crippen LogP contribution in [0.1, 0.15) is 31.9 Å². The Bertz CT molecular complexity index is 744. The summed E-state index contributed by atoms with van der Waals surface area (Å²) in [4.78, 5) is 13.7. The van der Waals surface area contributed by atoms with Gasteiger partial charge in [-0.2, -0.15) is 0 Å². The summed E-state index contributed by atoms with van der Waals surface area (Å²) in [6, 6.07) is 5.32. The van der Waals surface area contributed by atoms with Gasteiger partial charge in [0, 0.05) is 33.6 Å². The van der Waals surface area contributed by atoms with Gasteiger partial charge in [0.05, 0.1) is 4.90 Å². The second-order valence-electron chi connectivity index (χ2n) is 7.57. The number of benzene rings is 1. The molecule has 0 spiro atoms. The Hall–Kier alpha value is -1.44. The first-order chi connectivity index (χ1) is 11.6. The summed E-state index contributed by atoms with van der Waals surface area (Å²) in [6.07, 6.45) is 1.43. The van der Waals surface area contributed by atoms with E-state index < -0.39 is 10.0 Å². The van der Waals surface area contributed by atoms with Crippen molar-refractivity contribution in [3.8, 4) is 0 Å². The molecule has 1 heterocycles. The van der Waals surface area contributed by atoms with E-state index in [0.29, 0.717) is 37.5 Å². The fourth-order valence-corrected chi connectivity index (χ4v) is 4.52. The maximum Gasteiger partial charge on any atom is 0.242 e. The number of hydrogen-bond acceptors (Lipinski definition) is 4. The lowest BCUT2D eigenvalue weighted by molar-refractivity contribution is -0.128. The van der Waals surface area contributed by atoms with Crippen molar-refractivity contribution in [1.29, 1.82) is 0 Å². The minimum absolute atomic E-state index is 0.0596. The number of carbonyl (C=O) groups is 1. The molecule has 6 nitrogen and oxygen atoms in total. The number of nitrogens with two attached hydrogens (primary N) is 1. The molecule has 0 fully saturated rings. The summed E-state index contributed by atoms with van der Waals surface area (Å²) in [7, 11) is -1.97. The molecule has 0 radical (unpaired) electrons. The Labute approximate surface area is 151 Å². The smallest absolute Gasteiger partial charge is 0.242 e. The Kier molecular flexibility index (Phi) is 5.91. The zero-order valence-electron chi connectivity index (χ0n) is 15.6. The van der Waals surface area contributed by atoms with Crippen molar-refractivity contribution in [1.82, 2.24) is 9.21 Å². The third-order valence-corrected chi connectivity index (χ3v) is 6.64. The van der Waals surface area contributed by atoms with Gasteiger partial charge < -0.3 is 10.6 Å². The van der Waals surface area contributed by atoms with Crippen LogP contribution in [-0.4, -0.2) is 56.8 Å². The largest absolute Gasteiger partial charge is 0.342 e. The van der Waals surface area contributed by atoms with Crippen molar-refractivity contribution in [3.05, 3.63) is 29.3 Å². The van der Waals surface area contributed by atoms with Gasteiger partial charge in [-0.05, 0) is 48.1 Å². The molecule has 0 unspecified atom stereocenters. The average Bonchev–Trinajstić information content (AvgIpc) is 2.76. The van der Waals surface area contributed by atoms with E-state index in [1.54, 1.807) is 26.1 Å². The third-order valence-electron chi connectivity index (χ3n) is 4.84.